The largest absolute Gasteiger partial charge is 0.369 e. The van der Waals surface area contributed by atoms with Crippen molar-refractivity contribution in [2.45, 2.75) is 52.5 Å². The molecule has 1 atom stereocenters. The van der Waals surface area contributed by atoms with Crippen molar-refractivity contribution in [1.29, 1.82) is 0 Å². The molecule has 2 aromatic rings. The van der Waals surface area contributed by atoms with E-state index in [2.05, 4.69) is 43.7 Å². The molecule has 3 heteroatoms. The Balaban J connectivity index is 2.24. The number of amides is 1. The zero-order valence-electron chi connectivity index (χ0n) is 13.3. The molecule has 0 aliphatic carbocycles. The Kier molecular flexibility index (Phi) is 5.05. The molecule has 1 amide bonds. The second-order valence-corrected chi connectivity index (χ2v) is 6.40. The summed E-state index contributed by atoms with van der Waals surface area (Å²) in [7, 11) is 0. The summed E-state index contributed by atoms with van der Waals surface area (Å²) in [6, 6.07) is 8.70. The van der Waals surface area contributed by atoms with Gasteiger partial charge in [0.2, 0.25) is 5.91 Å². The Hall–Kier alpha value is -1.77. The first-order valence-corrected chi connectivity index (χ1v) is 7.85. The van der Waals surface area contributed by atoms with Crippen LogP contribution in [0.4, 0.5) is 0 Å². The summed E-state index contributed by atoms with van der Waals surface area (Å²) in [5.41, 5.74) is 7.60. The van der Waals surface area contributed by atoms with Gasteiger partial charge in [0.25, 0.3) is 0 Å². The number of hydrogen-bond donors (Lipinski definition) is 1. The fourth-order valence-electron chi connectivity index (χ4n) is 2.93. The summed E-state index contributed by atoms with van der Waals surface area (Å²) in [6.45, 7) is 6.78. The minimum Gasteiger partial charge on any atom is -0.369 e. The predicted molar refractivity (Wildman–Crippen MR) is 88.2 cm³/mol. The molecule has 3 nitrogen and oxygen atoms in total. The molecule has 0 aliphatic rings. The normalized spacial score (nSPS) is 13.0. The van der Waals surface area contributed by atoms with Gasteiger partial charge in [-0.25, -0.2) is 0 Å². The number of para-hydroxylation sites is 1. The van der Waals surface area contributed by atoms with E-state index >= 15 is 0 Å². The minimum absolute atomic E-state index is 0.273. The summed E-state index contributed by atoms with van der Waals surface area (Å²) in [5, 5.41) is 1.15. The molecule has 0 fully saturated rings. The maximum Gasteiger partial charge on any atom is 0.221 e. The van der Waals surface area contributed by atoms with Crippen LogP contribution in [0.25, 0.3) is 10.9 Å². The van der Waals surface area contributed by atoms with Crippen molar-refractivity contribution in [3.8, 4) is 0 Å². The van der Waals surface area contributed by atoms with E-state index in [0.717, 1.165) is 23.3 Å². The highest BCUT2D eigenvalue weighted by molar-refractivity contribution is 5.88. The van der Waals surface area contributed by atoms with Crippen LogP contribution < -0.4 is 5.73 Å². The summed E-state index contributed by atoms with van der Waals surface area (Å²) in [5.74, 6) is 0.481. The van der Waals surface area contributed by atoms with Gasteiger partial charge in [0.15, 0.2) is 0 Å². The maximum atomic E-state index is 11.3. The second kappa shape index (κ2) is 6.79. The third-order valence-electron chi connectivity index (χ3n) is 4.07. The van der Waals surface area contributed by atoms with E-state index in [9.17, 15) is 4.79 Å². The monoisotopic (exact) mass is 286 g/mol. The van der Waals surface area contributed by atoms with E-state index in [1.165, 1.54) is 18.4 Å². The Morgan fingerprint density at radius 1 is 1.19 bits per heavy atom. The quantitative estimate of drug-likeness (QED) is 0.820. The number of nitrogens with zero attached hydrogens (tertiary/aromatic N) is 1. The van der Waals surface area contributed by atoms with Crippen molar-refractivity contribution >= 4 is 16.8 Å². The zero-order chi connectivity index (χ0) is 15.4. The molecular formula is C18H26N2O. The number of rotatable bonds is 7. The van der Waals surface area contributed by atoms with Crippen LogP contribution in [0.3, 0.4) is 0 Å². The number of primary amides is 1. The van der Waals surface area contributed by atoms with E-state index in [0.29, 0.717) is 12.5 Å². The van der Waals surface area contributed by atoms with E-state index in [-0.39, 0.29) is 5.91 Å². The lowest BCUT2D eigenvalue weighted by atomic mass is 10.0. The van der Waals surface area contributed by atoms with Gasteiger partial charge in [-0.15, -0.1) is 0 Å². The zero-order valence-corrected chi connectivity index (χ0v) is 13.3. The van der Waals surface area contributed by atoms with Crippen LogP contribution in [0.15, 0.2) is 30.5 Å². The standard InChI is InChI=1S/C18H26N2O/c1-13(2)7-6-8-14(3)20-12-15(11-18(19)21)16-9-4-5-10-17(16)20/h4-5,9-10,12-14H,6-8,11H2,1-3H3,(H2,19,21). The van der Waals surface area contributed by atoms with E-state index in [4.69, 9.17) is 5.73 Å². The molecule has 2 N–H and O–H groups in total. The third-order valence-corrected chi connectivity index (χ3v) is 4.07. The molecule has 1 aromatic heterocycles. The van der Waals surface area contributed by atoms with Gasteiger partial charge in [0.1, 0.15) is 0 Å². The average molecular weight is 286 g/mol. The maximum absolute atomic E-state index is 11.3. The molecule has 21 heavy (non-hydrogen) atoms. The lowest BCUT2D eigenvalue weighted by Gasteiger charge is -2.16. The number of carbonyl (C=O) groups excluding carboxylic acids is 1. The molecule has 0 spiro atoms. The van der Waals surface area contributed by atoms with Crippen molar-refractivity contribution < 1.29 is 4.79 Å². The molecule has 0 aliphatic heterocycles. The van der Waals surface area contributed by atoms with E-state index < -0.39 is 0 Å². The number of aromatic nitrogens is 1. The molecule has 1 unspecified atom stereocenters. The molecule has 1 heterocycles. The van der Waals surface area contributed by atoms with Gasteiger partial charge in [-0.3, -0.25) is 4.79 Å². The molecule has 114 valence electrons. The SMILES string of the molecule is CC(C)CCCC(C)n1cc(CC(N)=O)c2ccccc21. The fraction of sp³-hybridized carbons (Fsp3) is 0.500. The molecule has 0 bridgehead atoms. The van der Waals surface area contributed by atoms with Crippen molar-refractivity contribution in [2.75, 3.05) is 0 Å². The Bertz CT molecular complexity index is 613. The minimum atomic E-state index is -0.273. The Morgan fingerprint density at radius 3 is 2.57 bits per heavy atom. The molecular weight excluding hydrogens is 260 g/mol. The summed E-state index contributed by atoms with van der Waals surface area (Å²) in [6.07, 6.45) is 6.07. The number of nitrogens with two attached hydrogens (primary N) is 1. The van der Waals surface area contributed by atoms with Crippen LogP contribution >= 0.6 is 0 Å². The summed E-state index contributed by atoms with van der Waals surface area (Å²) in [4.78, 5) is 11.3. The van der Waals surface area contributed by atoms with Gasteiger partial charge in [-0.05, 0) is 30.9 Å². The van der Waals surface area contributed by atoms with Crippen LogP contribution in [-0.2, 0) is 11.2 Å². The van der Waals surface area contributed by atoms with Crippen LogP contribution in [-0.4, -0.2) is 10.5 Å². The summed E-state index contributed by atoms with van der Waals surface area (Å²) < 4.78 is 2.30. The van der Waals surface area contributed by atoms with Crippen LogP contribution in [0.1, 0.15) is 51.6 Å². The van der Waals surface area contributed by atoms with Crippen molar-refractivity contribution in [3.63, 3.8) is 0 Å². The van der Waals surface area contributed by atoms with Crippen LogP contribution in [0.2, 0.25) is 0 Å². The lowest BCUT2D eigenvalue weighted by Crippen LogP contribution is -2.13. The second-order valence-electron chi connectivity index (χ2n) is 6.40. The number of hydrogen-bond acceptors (Lipinski definition) is 1. The summed E-state index contributed by atoms with van der Waals surface area (Å²) >= 11 is 0. The Morgan fingerprint density at radius 2 is 1.90 bits per heavy atom. The van der Waals surface area contributed by atoms with Gasteiger partial charge >= 0.3 is 0 Å². The lowest BCUT2D eigenvalue weighted by molar-refractivity contribution is -0.117. The first-order valence-electron chi connectivity index (χ1n) is 7.85. The fourth-order valence-corrected chi connectivity index (χ4v) is 2.93. The predicted octanol–water partition coefficient (Wildman–Crippen LogP) is 4.06. The average Bonchev–Trinajstić information content (AvgIpc) is 2.77. The van der Waals surface area contributed by atoms with E-state index in [1.54, 1.807) is 0 Å². The highest BCUT2D eigenvalue weighted by atomic mass is 16.1. The third kappa shape index (κ3) is 3.87. The first kappa shape index (κ1) is 15.6. The number of carbonyl (C=O) groups is 1. The van der Waals surface area contributed by atoms with Gasteiger partial charge in [0, 0.05) is 23.1 Å². The smallest absolute Gasteiger partial charge is 0.221 e. The van der Waals surface area contributed by atoms with Crippen molar-refractivity contribution in [1.82, 2.24) is 4.57 Å². The number of fused-ring (bicyclic) bond motifs is 1. The molecule has 1 aromatic carbocycles. The van der Waals surface area contributed by atoms with Crippen molar-refractivity contribution in [2.24, 2.45) is 11.7 Å². The molecule has 0 saturated carbocycles. The van der Waals surface area contributed by atoms with Crippen molar-refractivity contribution in [3.05, 3.63) is 36.0 Å². The van der Waals surface area contributed by atoms with Crippen LogP contribution in [0, 0.1) is 5.92 Å². The molecule has 0 saturated heterocycles. The first-order chi connectivity index (χ1) is 9.99. The Labute approximate surface area is 127 Å². The number of benzene rings is 1. The topological polar surface area (TPSA) is 48.0 Å². The molecule has 0 radical (unpaired) electrons. The highest BCUT2D eigenvalue weighted by Crippen LogP contribution is 2.27. The van der Waals surface area contributed by atoms with Gasteiger partial charge in [-0.1, -0.05) is 44.9 Å². The molecule has 2 rings (SSSR count). The van der Waals surface area contributed by atoms with E-state index in [1.807, 2.05) is 12.1 Å². The van der Waals surface area contributed by atoms with Crippen LogP contribution in [0.5, 0.6) is 0 Å². The highest BCUT2D eigenvalue weighted by Gasteiger charge is 2.14. The van der Waals surface area contributed by atoms with Gasteiger partial charge < -0.3 is 10.3 Å². The van der Waals surface area contributed by atoms with Gasteiger partial charge in [-0.2, -0.15) is 0 Å². The van der Waals surface area contributed by atoms with Gasteiger partial charge in [0.05, 0.1) is 6.42 Å².